The number of aromatic amines is 1. The van der Waals surface area contributed by atoms with Crippen molar-refractivity contribution in [2.75, 3.05) is 84.7 Å². The van der Waals surface area contributed by atoms with Crippen LogP contribution < -0.4 is 56.2 Å². The van der Waals surface area contributed by atoms with Gasteiger partial charge in [-0.25, -0.2) is 50.1 Å². The number of hydrogen-bond acceptors (Lipinski definition) is 17. The number of pyridine rings is 3. The third-order valence-corrected chi connectivity index (χ3v) is 8.13. The summed E-state index contributed by atoms with van der Waals surface area (Å²) >= 11 is 0. The van der Waals surface area contributed by atoms with Gasteiger partial charge in [0.1, 0.15) is 48.5 Å². The van der Waals surface area contributed by atoms with E-state index in [0.717, 1.165) is 5.69 Å². The molecule has 0 spiro atoms. The summed E-state index contributed by atoms with van der Waals surface area (Å²) in [7, 11) is 2.68. The Labute approximate surface area is 363 Å². The van der Waals surface area contributed by atoms with Gasteiger partial charge in [-0.15, -0.1) is 0 Å². The van der Waals surface area contributed by atoms with Crippen LogP contribution in [0, 0.1) is 0 Å². The van der Waals surface area contributed by atoms with Gasteiger partial charge in [0.25, 0.3) is 0 Å². The molecular weight excluding hydrogens is 827 g/mol. The van der Waals surface area contributed by atoms with Crippen LogP contribution in [0.3, 0.4) is 0 Å². The summed E-state index contributed by atoms with van der Waals surface area (Å²) in [6.07, 6.45) is 2.44. The first-order chi connectivity index (χ1) is 29.9. The lowest BCUT2D eigenvalue weighted by atomic mass is 10.2. The maximum Gasteiger partial charge on any atom is 0.416 e. The number of nitrogen functional groups attached to an aromatic ring is 1. The summed E-state index contributed by atoms with van der Waals surface area (Å²) in [6.45, 7) is 14.2. The van der Waals surface area contributed by atoms with Crippen LogP contribution in [0.2, 0.25) is 0 Å². The number of carbonyl (C=O) groups excluding carboxylic acids is 4. The lowest BCUT2D eigenvalue weighted by Crippen LogP contribution is -2.42. The molecule has 3 aliphatic rings. The van der Waals surface area contributed by atoms with Gasteiger partial charge in [-0.05, 0) is 77.9 Å². The molecule has 7 rings (SSSR count). The fraction of sp³-hybridized carbons (Fsp3) is 0.436. The number of amides is 6. The average Bonchev–Trinajstić information content (AvgIpc) is 3.73. The Kier molecular flexibility index (Phi) is 15.5. The summed E-state index contributed by atoms with van der Waals surface area (Å²) in [6, 6.07) is 8.91. The van der Waals surface area contributed by atoms with Crippen molar-refractivity contribution in [2.45, 2.75) is 59.3 Å². The molecular formula is C39H53N13O11. The van der Waals surface area contributed by atoms with Crippen LogP contribution in [0.15, 0.2) is 48.9 Å². The molecule has 0 bridgehead atoms. The van der Waals surface area contributed by atoms with Crippen molar-refractivity contribution < 1.29 is 52.5 Å². The van der Waals surface area contributed by atoms with E-state index in [9.17, 15) is 19.2 Å². The zero-order valence-corrected chi connectivity index (χ0v) is 36.3. The molecule has 24 heteroatoms. The van der Waals surface area contributed by atoms with Gasteiger partial charge in [0, 0.05) is 6.20 Å². The predicted molar refractivity (Wildman–Crippen MR) is 229 cm³/mol. The van der Waals surface area contributed by atoms with Gasteiger partial charge >= 0.3 is 24.2 Å². The lowest BCUT2D eigenvalue weighted by molar-refractivity contribution is 0.0556. The molecule has 0 fully saturated rings. The number of fused-ring (bicyclic) bond motifs is 3. The Morgan fingerprint density at radius 1 is 0.683 bits per heavy atom. The van der Waals surface area contributed by atoms with E-state index in [2.05, 4.69) is 61.1 Å². The predicted octanol–water partition coefficient (Wildman–Crippen LogP) is 4.58. The van der Waals surface area contributed by atoms with Crippen molar-refractivity contribution in [2.24, 2.45) is 0 Å². The summed E-state index contributed by atoms with van der Waals surface area (Å²) in [5.74, 6) is 4.05. The molecule has 0 atom stereocenters. The second kappa shape index (κ2) is 21.0. The highest BCUT2D eigenvalue weighted by Crippen LogP contribution is 2.34. The van der Waals surface area contributed by atoms with Crippen LogP contribution in [0.25, 0.3) is 0 Å². The smallest absolute Gasteiger partial charge is 0.416 e. The maximum atomic E-state index is 12.3. The van der Waals surface area contributed by atoms with Crippen molar-refractivity contribution in [3.63, 3.8) is 0 Å². The molecule has 0 aromatic carbocycles. The Morgan fingerprint density at radius 3 is 1.62 bits per heavy atom. The molecule has 0 unspecified atom stereocenters. The SMILES string of the molecule is CC(C)(C)OC(=O)N1CCOc2ccc(N)nc21.CONC(=O)Nc1ccc2c(n1)N(C(=O)OC(C)(C)C)CCO2.CONC(=O)Nc1ccc2c(n1)N(Cc1cnc[nH]1)CCO2. The van der Waals surface area contributed by atoms with E-state index in [1.807, 2.05) is 20.8 Å². The Hall–Kier alpha value is -7.34. The fourth-order valence-corrected chi connectivity index (χ4v) is 5.68. The second-order valence-corrected chi connectivity index (χ2v) is 15.4. The number of anilines is 6. The minimum absolute atomic E-state index is 0.248. The molecule has 0 saturated carbocycles. The first-order valence-corrected chi connectivity index (χ1v) is 19.5. The number of nitrogens with one attached hydrogen (secondary N) is 5. The van der Waals surface area contributed by atoms with Gasteiger partial charge < -0.3 is 39.3 Å². The fourth-order valence-electron chi connectivity index (χ4n) is 5.68. The highest BCUT2D eigenvalue weighted by atomic mass is 16.6. The van der Waals surface area contributed by atoms with E-state index in [0.29, 0.717) is 92.3 Å². The van der Waals surface area contributed by atoms with Crippen molar-refractivity contribution in [1.29, 1.82) is 0 Å². The van der Waals surface area contributed by atoms with Gasteiger partial charge in [-0.2, -0.15) is 0 Å². The molecule has 0 aliphatic carbocycles. The summed E-state index contributed by atoms with van der Waals surface area (Å²) in [5.41, 5.74) is 9.72. The minimum Gasteiger partial charge on any atom is -0.488 e. The number of imidazole rings is 1. The molecule has 0 saturated heterocycles. The van der Waals surface area contributed by atoms with Gasteiger partial charge in [-0.3, -0.25) is 30.1 Å². The zero-order chi connectivity index (χ0) is 45.7. The molecule has 7 N–H and O–H groups in total. The highest BCUT2D eigenvalue weighted by Gasteiger charge is 2.31. The van der Waals surface area contributed by atoms with Crippen LogP contribution in [0.1, 0.15) is 47.2 Å². The molecule has 4 aromatic rings. The number of hydrogen-bond donors (Lipinski definition) is 6. The molecule has 24 nitrogen and oxygen atoms in total. The van der Waals surface area contributed by atoms with Crippen molar-refractivity contribution in [3.05, 3.63) is 54.6 Å². The quantitative estimate of drug-likeness (QED) is 0.145. The van der Waals surface area contributed by atoms with Crippen molar-refractivity contribution in [3.8, 4) is 17.2 Å². The Bertz CT molecular complexity index is 2200. The number of rotatable bonds is 6. The van der Waals surface area contributed by atoms with Crippen molar-refractivity contribution >= 4 is 59.2 Å². The van der Waals surface area contributed by atoms with Crippen LogP contribution in [-0.4, -0.2) is 114 Å². The van der Waals surface area contributed by atoms with E-state index in [-0.39, 0.29) is 5.82 Å². The van der Waals surface area contributed by atoms with Gasteiger partial charge in [-0.1, -0.05) is 0 Å². The monoisotopic (exact) mass is 879 g/mol. The Morgan fingerprint density at radius 2 is 1.14 bits per heavy atom. The van der Waals surface area contributed by atoms with E-state index in [1.54, 1.807) is 69.7 Å². The lowest BCUT2D eigenvalue weighted by Gasteiger charge is -2.30. The van der Waals surface area contributed by atoms with Crippen LogP contribution in [0.5, 0.6) is 17.2 Å². The molecule has 340 valence electrons. The first kappa shape index (κ1) is 46.7. The molecule has 63 heavy (non-hydrogen) atoms. The molecule has 7 heterocycles. The van der Waals surface area contributed by atoms with Crippen molar-refractivity contribution in [1.82, 2.24) is 35.9 Å². The molecule has 6 amide bonds. The summed E-state index contributed by atoms with van der Waals surface area (Å²) in [4.78, 5) is 81.1. The topological polar surface area (TPSA) is 284 Å². The largest absolute Gasteiger partial charge is 0.488 e. The van der Waals surface area contributed by atoms with E-state index < -0.39 is 35.5 Å². The zero-order valence-electron chi connectivity index (χ0n) is 36.3. The number of carbonyl (C=O) groups is 4. The number of ether oxygens (including phenoxy) is 5. The number of nitrogens with zero attached hydrogens (tertiary/aromatic N) is 7. The standard InChI is InChI=1S/C14H20N4O5.C13H16N6O3.C12H17N3O3/c1-14(2,3)23-13(20)18-7-8-22-9-5-6-10(15-11(9)18)16-12(19)17-21-4;1-21-18-13(20)17-11-3-2-10-12(16-11)19(4-5-22-10)7-9-6-14-8-15-9;1-12(2,3)18-11(16)15-6-7-17-8-4-5-9(13)14-10(8)15/h5-6H,7-8H2,1-4H3,(H2,15,16,17,19);2-3,6,8H,4-5,7H2,1H3,(H,14,15)(H2,16,17,18,20);4-5H,6-7H2,1-3H3,(H2,13,14). The number of H-pyrrole nitrogens is 1. The molecule has 0 radical (unpaired) electrons. The van der Waals surface area contributed by atoms with Gasteiger partial charge in [0.05, 0.1) is 52.4 Å². The van der Waals surface area contributed by atoms with Crippen LogP contribution >= 0.6 is 0 Å². The second-order valence-electron chi connectivity index (χ2n) is 15.4. The number of hydroxylamine groups is 2. The summed E-state index contributed by atoms with van der Waals surface area (Å²) < 4.78 is 27.2. The maximum absolute atomic E-state index is 12.3. The van der Waals surface area contributed by atoms with Gasteiger partial charge in [0.2, 0.25) is 0 Å². The third-order valence-electron chi connectivity index (χ3n) is 8.13. The van der Waals surface area contributed by atoms with E-state index in [4.69, 9.17) is 29.4 Å². The molecule has 4 aromatic heterocycles. The van der Waals surface area contributed by atoms with E-state index in [1.165, 1.54) is 24.0 Å². The normalized spacial score (nSPS) is 13.8. The summed E-state index contributed by atoms with van der Waals surface area (Å²) in [5, 5.41) is 5.06. The molecule has 3 aliphatic heterocycles. The van der Waals surface area contributed by atoms with Crippen LogP contribution in [0.4, 0.5) is 54.1 Å². The van der Waals surface area contributed by atoms with Gasteiger partial charge in [0.15, 0.2) is 34.7 Å². The number of urea groups is 2. The first-order valence-electron chi connectivity index (χ1n) is 19.5. The number of aromatic nitrogens is 5. The average molecular weight is 880 g/mol. The third kappa shape index (κ3) is 13.8. The number of nitrogens with two attached hydrogens (primary N) is 1. The Balaban J connectivity index is 0.000000180. The highest BCUT2D eigenvalue weighted by molar-refractivity contribution is 5.92. The minimum atomic E-state index is -0.621. The van der Waals surface area contributed by atoms with Crippen LogP contribution in [-0.2, 0) is 25.7 Å². The van der Waals surface area contributed by atoms with E-state index >= 15 is 0 Å².